The van der Waals surface area contributed by atoms with E-state index in [0.717, 1.165) is 0 Å². The van der Waals surface area contributed by atoms with Gasteiger partial charge in [-0.15, -0.1) is 5.10 Å². The highest BCUT2D eigenvalue weighted by Gasteiger charge is 2.18. The number of carboxylic acid groups (broad SMARTS) is 1. The highest BCUT2D eigenvalue weighted by atomic mass is 16.5. The third-order valence-electron chi connectivity index (χ3n) is 2.41. The lowest BCUT2D eigenvalue weighted by Gasteiger charge is -2.11. The summed E-state index contributed by atoms with van der Waals surface area (Å²) in [4.78, 5) is 11.2. The summed E-state index contributed by atoms with van der Waals surface area (Å²) in [5, 5.41) is 16.8. The highest BCUT2D eigenvalue weighted by molar-refractivity contribution is 5.91. The number of carbonyl (C=O) groups is 1. The number of carboxylic acids is 1. The third kappa shape index (κ3) is 3.66. The Morgan fingerprint density at radius 3 is 2.50 bits per heavy atom. The Labute approximate surface area is 106 Å². The first-order valence-electron chi connectivity index (χ1n) is 5.75. The predicted octanol–water partition coefficient (Wildman–Crippen LogP) is 1.60. The van der Waals surface area contributed by atoms with Gasteiger partial charge in [-0.2, -0.15) is 5.10 Å². The van der Waals surface area contributed by atoms with Gasteiger partial charge in [-0.25, -0.2) is 4.79 Å². The Hall–Kier alpha value is -1.69. The molecule has 100 valence electrons. The molecule has 0 aromatic carbocycles. The topological polar surface area (TPSA) is 81.5 Å². The van der Waals surface area contributed by atoms with E-state index in [-0.39, 0.29) is 24.2 Å². The van der Waals surface area contributed by atoms with E-state index in [4.69, 9.17) is 14.6 Å². The summed E-state index contributed by atoms with van der Waals surface area (Å²) in [6.07, 6.45) is 0.110. The normalized spacial score (nSPS) is 10.7. The Kier molecular flexibility index (Phi) is 5.03. The van der Waals surface area contributed by atoms with Crippen LogP contribution >= 0.6 is 0 Å². The molecule has 0 aliphatic rings. The van der Waals surface area contributed by atoms with Crippen LogP contribution in [0.1, 0.15) is 35.5 Å². The Morgan fingerprint density at radius 2 is 1.94 bits per heavy atom. The summed E-state index contributed by atoms with van der Waals surface area (Å²) < 4.78 is 10.6. The average Bonchev–Trinajstić information content (AvgIpc) is 2.28. The second-order valence-electron chi connectivity index (χ2n) is 4.16. The minimum atomic E-state index is -1.06. The molecule has 0 aliphatic carbocycles. The van der Waals surface area contributed by atoms with Crippen LogP contribution in [0.25, 0.3) is 0 Å². The molecule has 0 atom stereocenters. The van der Waals surface area contributed by atoms with Crippen LogP contribution in [0.5, 0.6) is 5.88 Å². The fourth-order valence-corrected chi connectivity index (χ4v) is 1.36. The molecule has 1 aromatic heterocycles. The molecule has 1 rings (SSSR count). The van der Waals surface area contributed by atoms with Crippen LogP contribution in [0.3, 0.4) is 0 Å². The van der Waals surface area contributed by atoms with Crippen LogP contribution in [0.15, 0.2) is 0 Å². The van der Waals surface area contributed by atoms with Crippen molar-refractivity contribution in [3.63, 3.8) is 0 Å². The zero-order valence-corrected chi connectivity index (χ0v) is 11.1. The number of rotatable bonds is 6. The molecular weight excluding hydrogens is 236 g/mol. The number of aryl methyl sites for hydroxylation is 1. The second kappa shape index (κ2) is 6.30. The number of ether oxygens (including phenoxy) is 2. The number of aromatic carboxylic acids is 1. The molecule has 0 aliphatic heterocycles. The Morgan fingerprint density at radius 1 is 1.28 bits per heavy atom. The molecule has 0 bridgehead atoms. The fraction of sp³-hybridized carbons (Fsp3) is 0.583. The molecule has 1 heterocycles. The minimum absolute atomic E-state index is 0.0398. The standard InChI is InChI=1S/C12H18N2O4/c1-7(2)17-5-6-18-11-10(12(15)16)8(3)9(4)13-14-11/h7H,5-6H2,1-4H3,(H,15,16). The van der Waals surface area contributed by atoms with Gasteiger partial charge in [0.2, 0.25) is 5.88 Å². The quantitative estimate of drug-likeness (QED) is 0.776. The maximum Gasteiger partial charge on any atom is 0.341 e. The van der Waals surface area contributed by atoms with E-state index in [2.05, 4.69) is 10.2 Å². The van der Waals surface area contributed by atoms with E-state index >= 15 is 0 Å². The van der Waals surface area contributed by atoms with Crippen LogP contribution in [0.2, 0.25) is 0 Å². The van der Waals surface area contributed by atoms with Crippen molar-refractivity contribution in [3.8, 4) is 5.88 Å². The zero-order chi connectivity index (χ0) is 13.7. The van der Waals surface area contributed by atoms with Crippen molar-refractivity contribution in [3.05, 3.63) is 16.8 Å². The molecule has 0 spiro atoms. The molecule has 0 fully saturated rings. The monoisotopic (exact) mass is 254 g/mol. The van der Waals surface area contributed by atoms with Crippen molar-refractivity contribution in [2.45, 2.75) is 33.8 Å². The minimum Gasteiger partial charge on any atom is -0.477 e. The van der Waals surface area contributed by atoms with Crippen molar-refractivity contribution in [1.82, 2.24) is 10.2 Å². The van der Waals surface area contributed by atoms with E-state index in [1.165, 1.54) is 0 Å². The summed E-state index contributed by atoms with van der Waals surface area (Å²) >= 11 is 0. The summed E-state index contributed by atoms with van der Waals surface area (Å²) in [7, 11) is 0. The van der Waals surface area contributed by atoms with E-state index in [1.54, 1.807) is 13.8 Å². The van der Waals surface area contributed by atoms with Crippen molar-refractivity contribution >= 4 is 5.97 Å². The number of nitrogens with zero attached hydrogens (tertiary/aromatic N) is 2. The van der Waals surface area contributed by atoms with E-state index in [0.29, 0.717) is 17.9 Å². The molecule has 0 saturated carbocycles. The van der Waals surface area contributed by atoms with E-state index in [9.17, 15) is 4.79 Å². The van der Waals surface area contributed by atoms with Gasteiger partial charge in [-0.1, -0.05) is 0 Å². The summed E-state index contributed by atoms with van der Waals surface area (Å²) in [6, 6.07) is 0. The molecule has 0 radical (unpaired) electrons. The van der Waals surface area contributed by atoms with Gasteiger partial charge in [0, 0.05) is 0 Å². The van der Waals surface area contributed by atoms with E-state index < -0.39 is 5.97 Å². The second-order valence-corrected chi connectivity index (χ2v) is 4.16. The van der Waals surface area contributed by atoms with Gasteiger partial charge in [0.15, 0.2) is 0 Å². The van der Waals surface area contributed by atoms with Gasteiger partial charge in [0.05, 0.1) is 18.4 Å². The first-order chi connectivity index (χ1) is 8.43. The summed E-state index contributed by atoms with van der Waals surface area (Å²) in [5.41, 5.74) is 1.21. The van der Waals surface area contributed by atoms with Crippen molar-refractivity contribution in [2.75, 3.05) is 13.2 Å². The molecule has 6 heteroatoms. The van der Waals surface area contributed by atoms with Crippen LogP contribution in [-0.2, 0) is 4.74 Å². The highest BCUT2D eigenvalue weighted by Crippen LogP contribution is 2.20. The van der Waals surface area contributed by atoms with Gasteiger partial charge in [-0.3, -0.25) is 0 Å². The molecule has 1 aromatic rings. The first-order valence-corrected chi connectivity index (χ1v) is 5.75. The SMILES string of the molecule is Cc1nnc(OCCOC(C)C)c(C(=O)O)c1C. The molecule has 6 nitrogen and oxygen atoms in total. The van der Waals surface area contributed by atoms with E-state index in [1.807, 2.05) is 13.8 Å². The van der Waals surface area contributed by atoms with Crippen LogP contribution < -0.4 is 4.74 Å². The van der Waals surface area contributed by atoms with Gasteiger partial charge in [-0.05, 0) is 33.3 Å². The van der Waals surface area contributed by atoms with Gasteiger partial charge >= 0.3 is 5.97 Å². The fourth-order valence-electron chi connectivity index (χ4n) is 1.36. The molecule has 18 heavy (non-hydrogen) atoms. The van der Waals surface area contributed by atoms with Crippen molar-refractivity contribution < 1.29 is 19.4 Å². The predicted molar refractivity (Wildman–Crippen MR) is 65.0 cm³/mol. The van der Waals surface area contributed by atoms with Gasteiger partial charge in [0.25, 0.3) is 0 Å². The lowest BCUT2D eigenvalue weighted by molar-refractivity contribution is 0.0524. The largest absolute Gasteiger partial charge is 0.477 e. The Bertz CT molecular complexity index is 432. The third-order valence-corrected chi connectivity index (χ3v) is 2.41. The maximum absolute atomic E-state index is 11.2. The molecular formula is C12H18N2O4. The molecule has 0 amide bonds. The Balaban J connectivity index is 2.76. The van der Waals surface area contributed by atoms with Gasteiger partial charge < -0.3 is 14.6 Å². The zero-order valence-electron chi connectivity index (χ0n) is 11.1. The average molecular weight is 254 g/mol. The van der Waals surface area contributed by atoms with Crippen molar-refractivity contribution in [2.24, 2.45) is 0 Å². The van der Waals surface area contributed by atoms with Crippen LogP contribution in [0.4, 0.5) is 0 Å². The van der Waals surface area contributed by atoms with Crippen molar-refractivity contribution in [1.29, 1.82) is 0 Å². The number of hydrogen-bond donors (Lipinski definition) is 1. The molecule has 0 saturated heterocycles. The lowest BCUT2D eigenvalue weighted by atomic mass is 10.1. The molecule has 0 unspecified atom stereocenters. The van der Waals surface area contributed by atoms with Gasteiger partial charge in [0.1, 0.15) is 12.2 Å². The molecule has 1 N–H and O–H groups in total. The smallest absolute Gasteiger partial charge is 0.341 e. The number of aromatic nitrogens is 2. The maximum atomic E-state index is 11.2. The van der Waals surface area contributed by atoms with Crippen LogP contribution in [-0.4, -0.2) is 40.6 Å². The number of hydrogen-bond acceptors (Lipinski definition) is 5. The first kappa shape index (κ1) is 14.4. The lowest BCUT2D eigenvalue weighted by Crippen LogP contribution is -2.15. The van der Waals surface area contributed by atoms with Crippen LogP contribution in [0, 0.1) is 13.8 Å². The summed E-state index contributed by atoms with van der Waals surface area (Å²) in [6.45, 7) is 7.85. The summed E-state index contributed by atoms with van der Waals surface area (Å²) in [5.74, 6) is -1.02.